The average molecular weight is 794 g/mol. The molecule has 1 amide bonds. The zero-order valence-electron chi connectivity index (χ0n) is 31.8. The van der Waals surface area contributed by atoms with E-state index in [4.69, 9.17) is 4.74 Å². The molecule has 1 aliphatic carbocycles. The van der Waals surface area contributed by atoms with Crippen LogP contribution in [0.25, 0.3) is 0 Å². The molecule has 3 aliphatic heterocycles. The zero-order chi connectivity index (χ0) is 39.7. The largest absolute Gasteiger partial charge is 0.469 e. The van der Waals surface area contributed by atoms with E-state index in [1.165, 1.54) is 43.6 Å². The van der Waals surface area contributed by atoms with Gasteiger partial charge in [0.2, 0.25) is 15.7 Å². The first kappa shape index (κ1) is 39.9. The maximum atomic E-state index is 16.3. The van der Waals surface area contributed by atoms with Gasteiger partial charge in [-0.25, -0.2) is 26.6 Å². The molecule has 56 heavy (non-hydrogen) atoms. The zero-order valence-corrected chi connectivity index (χ0v) is 32.6. The fourth-order valence-electron chi connectivity index (χ4n) is 9.81. The second kappa shape index (κ2) is 16.3. The SMILES string of the molecule is C=CC(=O)Nc1ccnc(S(=O)(=O)c2ccc(N3CC(F)(CN4CCC([C@@](CN5CCC5)(c5cccc(F)c5)[C@H]5CCC[C@@H]5CC(=O)OC)CC4)C3)c(F)c2)c1. The fraction of sp³-hybridized carbons (Fsp3) is 0.500. The number of benzene rings is 2. The molecule has 1 N–H and O–H groups in total. The van der Waals surface area contributed by atoms with Crippen molar-refractivity contribution in [3.05, 3.63) is 90.6 Å². The molecule has 4 aliphatic rings. The highest BCUT2D eigenvalue weighted by atomic mass is 32.2. The average Bonchev–Trinajstić information content (AvgIpc) is 3.62. The number of nitrogens with one attached hydrogen (secondary N) is 1. The summed E-state index contributed by atoms with van der Waals surface area (Å²) in [4.78, 5) is 34.1. The Bertz CT molecular complexity index is 2050. The van der Waals surface area contributed by atoms with E-state index >= 15 is 13.2 Å². The molecular weight excluding hydrogens is 744 g/mol. The first-order valence-electron chi connectivity index (χ1n) is 19.5. The number of carbonyl (C=O) groups excluding carboxylic acids is 2. The third-order valence-corrected chi connectivity index (χ3v) is 14.2. The highest BCUT2D eigenvalue weighted by Gasteiger charge is 2.53. The van der Waals surface area contributed by atoms with Gasteiger partial charge in [0.15, 0.2) is 10.7 Å². The van der Waals surface area contributed by atoms with Gasteiger partial charge in [0.25, 0.3) is 0 Å². The lowest BCUT2D eigenvalue weighted by atomic mass is 9.56. The molecule has 300 valence electrons. The number of pyridine rings is 1. The third-order valence-electron chi connectivity index (χ3n) is 12.6. The lowest BCUT2D eigenvalue weighted by molar-refractivity contribution is -0.142. The smallest absolute Gasteiger partial charge is 0.305 e. The van der Waals surface area contributed by atoms with Crippen LogP contribution >= 0.6 is 0 Å². The Morgan fingerprint density at radius 1 is 1.00 bits per heavy atom. The molecule has 0 spiro atoms. The predicted molar refractivity (Wildman–Crippen MR) is 207 cm³/mol. The Labute approximate surface area is 327 Å². The van der Waals surface area contributed by atoms with Crippen molar-refractivity contribution in [1.29, 1.82) is 0 Å². The molecule has 10 nitrogen and oxygen atoms in total. The van der Waals surface area contributed by atoms with Crippen molar-refractivity contribution in [3.8, 4) is 0 Å². The van der Waals surface area contributed by atoms with E-state index in [1.54, 1.807) is 17.0 Å². The number of amides is 1. The van der Waals surface area contributed by atoms with Crippen LogP contribution in [0.3, 0.4) is 0 Å². The Balaban J connectivity index is 1.03. The summed E-state index contributed by atoms with van der Waals surface area (Å²) in [5.74, 6) is -1.29. The topological polar surface area (TPSA) is 112 Å². The summed E-state index contributed by atoms with van der Waals surface area (Å²) in [6, 6.07) is 13.2. The standard InChI is InChI=1S/C42H50F3N5O5S/c1-3-38(51)47-33-13-16-46-39(23-33)56(53,54)34-11-12-37(36(44)24-34)50-26-41(45,27-50)25-49-19-14-30(15-20-49)42(28-48-17-6-18-48,31-8-5-9-32(43)22-31)35-10-4-7-29(35)21-40(52)55-2/h3,5,8-9,11-13,16,22-24,29-30,35H,1,4,6-7,10,14-15,17-21,25-28H2,2H3,(H,46,47,51)/t29-,35+,42+/m1/s1. The molecule has 3 saturated heterocycles. The molecule has 0 bridgehead atoms. The molecule has 4 heterocycles. The maximum absolute atomic E-state index is 16.3. The van der Waals surface area contributed by atoms with Crippen molar-refractivity contribution in [2.45, 2.75) is 66.0 Å². The van der Waals surface area contributed by atoms with E-state index in [0.717, 1.165) is 75.9 Å². The summed E-state index contributed by atoms with van der Waals surface area (Å²) in [7, 11) is -2.80. The molecule has 4 fully saturated rings. The molecule has 1 saturated carbocycles. The number of hydrogen-bond acceptors (Lipinski definition) is 9. The van der Waals surface area contributed by atoms with Crippen LogP contribution in [-0.4, -0.2) is 100 Å². The number of piperidine rings is 1. The van der Waals surface area contributed by atoms with Crippen LogP contribution in [0.5, 0.6) is 0 Å². The second-order valence-electron chi connectivity index (χ2n) is 16.0. The molecule has 0 unspecified atom stereocenters. The Morgan fingerprint density at radius 2 is 1.77 bits per heavy atom. The number of sulfone groups is 1. The van der Waals surface area contributed by atoms with E-state index in [-0.39, 0.29) is 75.9 Å². The molecule has 2 aromatic carbocycles. The van der Waals surface area contributed by atoms with E-state index in [9.17, 15) is 18.0 Å². The second-order valence-corrected chi connectivity index (χ2v) is 17.9. The molecule has 3 aromatic rings. The molecule has 0 radical (unpaired) electrons. The van der Waals surface area contributed by atoms with E-state index < -0.39 is 27.2 Å². The number of halogens is 3. The van der Waals surface area contributed by atoms with Crippen LogP contribution < -0.4 is 10.2 Å². The van der Waals surface area contributed by atoms with Gasteiger partial charge in [0.1, 0.15) is 11.6 Å². The minimum Gasteiger partial charge on any atom is -0.469 e. The number of carbonyl (C=O) groups is 2. The minimum absolute atomic E-state index is 0.0397. The number of rotatable bonds is 14. The molecule has 3 atom stereocenters. The number of nitrogens with zero attached hydrogens (tertiary/aromatic N) is 4. The number of hydrogen-bond donors (Lipinski definition) is 1. The van der Waals surface area contributed by atoms with Gasteiger partial charge in [-0.3, -0.25) is 14.5 Å². The van der Waals surface area contributed by atoms with Gasteiger partial charge in [-0.2, -0.15) is 0 Å². The fourth-order valence-corrected chi connectivity index (χ4v) is 11.0. The Kier molecular flexibility index (Phi) is 11.6. The van der Waals surface area contributed by atoms with Gasteiger partial charge in [-0.1, -0.05) is 25.1 Å². The van der Waals surface area contributed by atoms with Crippen molar-refractivity contribution in [1.82, 2.24) is 14.8 Å². The first-order valence-corrected chi connectivity index (χ1v) is 21.0. The van der Waals surface area contributed by atoms with Crippen LogP contribution in [0.2, 0.25) is 0 Å². The number of aromatic nitrogens is 1. The maximum Gasteiger partial charge on any atom is 0.305 e. The van der Waals surface area contributed by atoms with Gasteiger partial charge >= 0.3 is 5.97 Å². The van der Waals surface area contributed by atoms with Gasteiger partial charge in [-0.05, 0) is 130 Å². The van der Waals surface area contributed by atoms with Crippen molar-refractivity contribution in [3.63, 3.8) is 0 Å². The lowest BCUT2D eigenvalue weighted by Gasteiger charge is -2.54. The van der Waals surface area contributed by atoms with Gasteiger partial charge < -0.3 is 19.9 Å². The highest BCUT2D eigenvalue weighted by molar-refractivity contribution is 7.91. The highest BCUT2D eigenvalue weighted by Crippen LogP contribution is 2.54. The number of ether oxygens (including phenoxy) is 1. The number of alkyl halides is 1. The molecular formula is C42H50F3N5O5S. The van der Waals surface area contributed by atoms with Crippen LogP contribution in [0.1, 0.15) is 50.5 Å². The van der Waals surface area contributed by atoms with Crippen LogP contribution in [0.4, 0.5) is 24.5 Å². The predicted octanol–water partition coefficient (Wildman–Crippen LogP) is 6.18. The number of esters is 1. The van der Waals surface area contributed by atoms with Crippen molar-refractivity contribution < 1.29 is 35.9 Å². The quantitative estimate of drug-likeness (QED) is 0.151. The summed E-state index contributed by atoms with van der Waals surface area (Å²) in [5, 5.41) is 2.12. The molecule has 14 heteroatoms. The van der Waals surface area contributed by atoms with Crippen LogP contribution in [0, 0.1) is 29.4 Å². The molecule has 7 rings (SSSR count). The van der Waals surface area contributed by atoms with Crippen molar-refractivity contribution in [2.75, 3.05) is 69.7 Å². The van der Waals surface area contributed by atoms with E-state index in [0.29, 0.717) is 19.5 Å². The number of anilines is 2. The third kappa shape index (κ3) is 8.10. The Hall–Kier alpha value is -4.27. The monoisotopic (exact) mass is 793 g/mol. The lowest BCUT2D eigenvalue weighted by Crippen LogP contribution is -2.65. The number of methoxy groups -OCH3 is 1. The van der Waals surface area contributed by atoms with Crippen LogP contribution in [-0.2, 0) is 29.6 Å². The van der Waals surface area contributed by atoms with E-state index in [2.05, 4.69) is 32.7 Å². The normalized spacial score (nSPS) is 22.8. The van der Waals surface area contributed by atoms with Gasteiger partial charge in [-0.15, -0.1) is 0 Å². The van der Waals surface area contributed by atoms with Crippen molar-refractivity contribution >= 4 is 33.1 Å². The summed E-state index contributed by atoms with van der Waals surface area (Å²) < 4.78 is 78.5. The van der Waals surface area contributed by atoms with Crippen molar-refractivity contribution in [2.24, 2.45) is 17.8 Å². The summed E-state index contributed by atoms with van der Waals surface area (Å²) >= 11 is 0. The van der Waals surface area contributed by atoms with Gasteiger partial charge in [0, 0.05) is 36.8 Å². The summed E-state index contributed by atoms with van der Waals surface area (Å²) in [6.07, 6.45) is 8.24. The summed E-state index contributed by atoms with van der Waals surface area (Å²) in [6.45, 7) is 7.59. The minimum atomic E-state index is -4.22. The van der Waals surface area contributed by atoms with Gasteiger partial charge in [0.05, 0.1) is 30.8 Å². The van der Waals surface area contributed by atoms with Crippen LogP contribution in [0.15, 0.2) is 83.4 Å². The summed E-state index contributed by atoms with van der Waals surface area (Å²) in [5.41, 5.74) is -0.662. The number of likely N-dealkylation sites (tertiary alicyclic amines) is 2. The Morgan fingerprint density at radius 3 is 2.43 bits per heavy atom. The first-order chi connectivity index (χ1) is 26.8. The molecule has 1 aromatic heterocycles. The van der Waals surface area contributed by atoms with E-state index in [1.807, 2.05) is 0 Å².